The summed E-state index contributed by atoms with van der Waals surface area (Å²) < 4.78 is 0. The summed E-state index contributed by atoms with van der Waals surface area (Å²) in [5.74, 6) is 2.07. The van der Waals surface area contributed by atoms with Crippen molar-refractivity contribution in [2.75, 3.05) is 19.6 Å². The van der Waals surface area contributed by atoms with Crippen molar-refractivity contribution in [3.05, 3.63) is 0 Å². The van der Waals surface area contributed by atoms with Crippen LogP contribution in [0.4, 0.5) is 0 Å². The lowest BCUT2D eigenvalue weighted by atomic mass is 9.80. The Labute approximate surface area is 118 Å². The zero-order chi connectivity index (χ0) is 14.5. The molecule has 1 aliphatic rings. The van der Waals surface area contributed by atoms with Gasteiger partial charge in [-0.15, -0.1) is 0 Å². The van der Waals surface area contributed by atoms with Crippen LogP contribution in [0.1, 0.15) is 53.9 Å². The molecule has 1 amide bonds. The smallest absolute Gasteiger partial charge is 0.227 e. The van der Waals surface area contributed by atoms with Gasteiger partial charge in [-0.3, -0.25) is 4.79 Å². The van der Waals surface area contributed by atoms with Gasteiger partial charge in [-0.1, -0.05) is 41.0 Å². The van der Waals surface area contributed by atoms with Crippen LogP contribution in [-0.4, -0.2) is 25.5 Å². The highest BCUT2D eigenvalue weighted by molar-refractivity contribution is 5.83. The summed E-state index contributed by atoms with van der Waals surface area (Å²) in [5, 5.41) is 6.59. The van der Waals surface area contributed by atoms with Gasteiger partial charge in [0.15, 0.2) is 0 Å². The summed E-state index contributed by atoms with van der Waals surface area (Å²) in [4.78, 5) is 12.6. The molecular formula is C16H32N2O. The summed E-state index contributed by atoms with van der Waals surface area (Å²) in [5.41, 5.74) is -0.146. The zero-order valence-electron chi connectivity index (χ0n) is 13.4. The van der Waals surface area contributed by atoms with Gasteiger partial charge in [-0.2, -0.15) is 0 Å². The van der Waals surface area contributed by atoms with Gasteiger partial charge in [-0.05, 0) is 37.1 Å². The second-order valence-electron chi connectivity index (χ2n) is 6.82. The van der Waals surface area contributed by atoms with Crippen molar-refractivity contribution in [3.8, 4) is 0 Å². The molecule has 0 spiro atoms. The minimum Gasteiger partial charge on any atom is -0.355 e. The summed E-state index contributed by atoms with van der Waals surface area (Å²) in [6, 6.07) is 0. The Hall–Kier alpha value is -0.570. The molecule has 1 atom stereocenters. The fourth-order valence-electron chi connectivity index (χ4n) is 3.38. The van der Waals surface area contributed by atoms with Crippen molar-refractivity contribution in [1.29, 1.82) is 0 Å². The van der Waals surface area contributed by atoms with Gasteiger partial charge in [0.25, 0.3) is 0 Å². The van der Waals surface area contributed by atoms with Crippen LogP contribution in [0.5, 0.6) is 0 Å². The van der Waals surface area contributed by atoms with E-state index in [0.29, 0.717) is 17.8 Å². The van der Waals surface area contributed by atoms with Crippen LogP contribution >= 0.6 is 0 Å². The molecule has 3 nitrogen and oxygen atoms in total. The molecule has 19 heavy (non-hydrogen) atoms. The summed E-state index contributed by atoms with van der Waals surface area (Å²) in [6.07, 6.45) is 3.06. The Kier molecular flexibility index (Phi) is 6.31. The number of carbonyl (C=O) groups excluding carboxylic acids is 1. The first-order chi connectivity index (χ1) is 8.93. The number of hydrogen-bond donors (Lipinski definition) is 2. The Balaban J connectivity index is 2.57. The molecule has 1 heterocycles. The SMILES string of the molecule is CCCC1(C(=O)NCC(C(C)C)C(C)C)CCNC1. The standard InChI is InChI=1S/C16H32N2O/c1-6-7-16(8-9-17-11-16)15(19)18-10-14(12(2)3)13(4)5/h12-14,17H,6-11H2,1-5H3,(H,18,19). The van der Waals surface area contributed by atoms with E-state index in [9.17, 15) is 4.79 Å². The van der Waals surface area contributed by atoms with Crippen molar-refractivity contribution in [2.45, 2.75) is 53.9 Å². The zero-order valence-corrected chi connectivity index (χ0v) is 13.4. The molecule has 1 fully saturated rings. The van der Waals surface area contributed by atoms with Crippen LogP contribution in [-0.2, 0) is 4.79 Å². The maximum Gasteiger partial charge on any atom is 0.227 e. The van der Waals surface area contributed by atoms with Gasteiger partial charge in [0.2, 0.25) is 5.91 Å². The molecule has 0 radical (unpaired) electrons. The Bertz CT molecular complexity index is 272. The third kappa shape index (κ3) is 4.20. The first-order valence-electron chi connectivity index (χ1n) is 7.92. The fourth-order valence-corrected chi connectivity index (χ4v) is 3.38. The van der Waals surface area contributed by atoms with Gasteiger partial charge in [-0.25, -0.2) is 0 Å². The number of rotatable bonds is 7. The Morgan fingerprint density at radius 2 is 1.89 bits per heavy atom. The molecular weight excluding hydrogens is 236 g/mol. The van der Waals surface area contributed by atoms with Gasteiger partial charge in [0.05, 0.1) is 5.41 Å². The van der Waals surface area contributed by atoms with Crippen molar-refractivity contribution in [2.24, 2.45) is 23.2 Å². The lowest BCUT2D eigenvalue weighted by Crippen LogP contribution is -2.45. The molecule has 1 rings (SSSR count). The van der Waals surface area contributed by atoms with Gasteiger partial charge >= 0.3 is 0 Å². The molecule has 0 aliphatic carbocycles. The van der Waals surface area contributed by atoms with E-state index in [-0.39, 0.29) is 11.3 Å². The molecule has 0 bridgehead atoms. The minimum absolute atomic E-state index is 0.146. The maximum atomic E-state index is 12.6. The predicted octanol–water partition coefficient (Wildman–Crippen LogP) is 2.81. The van der Waals surface area contributed by atoms with Crippen molar-refractivity contribution in [1.82, 2.24) is 10.6 Å². The highest BCUT2D eigenvalue weighted by Gasteiger charge is 2.40. The van der Waals surface area contributed by atoms with E-state index >= 15 is 0 Å². The van der Waals surface area contributed by atoms with Crippen molar-refractivity contribution >= 4 is 5.91 Å². The van der Waals surface area contributed by atoms with Gasteiger partial charge in [0.1, 0.15) is 0 Å². The van der Waals surface area contributed by atoms with Crippen LogP contribution < -0.4 is 10.6 Å². The molecule has 0 saturated carbocycles. The Morgan fingerprint density at radius 1 is 1.26 bits per heavy atom. The first-order valence-corrected chi connectivity index (χ1v) is 7.92. The third-order valence-electron chi connectivity index (χ3n) is 4.66. The monoisotopic (exact) mass is 268 g/mol. The molecule has 0 aromatic rings. The molecule has 0 aromatic heterocycles. The van der Waals surface area contributed by atoms with Gasteiger partial charge in [0, 0.05) is 13.1 Å². The molecule has 2 N–H and O–H groups in total. The topological polar surface area (TPSA) is 41.1 Å². The third-order valence-corrected chi connectivity index (χ3v) is 4.66. The molecule has 1 unspecified atom stereocenters. The van der Waals surface area contributed by atoms with Crippen molar-refractivity contribution < 1.29 is 4.79 Å². The molecule has 112 valence electrons. The number of hydrogen-bond acceptors (Lipinski definition) is 2. The number of nitrogens with one attached hydrogen (secondary N) is 2. The van der Waals surface area contributed by atoms with E-state index in [2.05, 4.69) is 45.3 Å². The predicted molar refractivity (Wildman–Crippen MR) is 81.0 cm³/mol. The second kappa shape index (κ2) is 7.28. The number of amides is 1. The summed E-state index contributed by atoms with van der Waals surface area (Å²) in [6.45, 7) is 13.8. The van der Waals surface area contributed by atoms with E-state index in [1.807, 2.05) is 0 Å². The van der Waals surface area contributed by atoms with E-state index < -0.39 is 0 Å². The van der Waals surface area contributed by atoms with E-state index in [0.717, 1.165) is 38.9 Å². The van der Waals surface area contributed by atoms with Crippen LogP contribution in [0, 0.1) is 23.2 Å². The molecule has 0 aromatic carbocycles. The van der Waals surface area contributed by atoms with Crippen LogP contribution in [0.15, 0.2) is 0 Å². The highest BCUT2D eigenvalue weighted by Crippen LogP contribution is 2.31. The number of carbonyl (C=O) groups is 1. The van der Waals surface area contributed by atoms with E-state index in [4.69, 9.17) is 0 Å². The average Bonchev–Trinajstić information content (AvgIpc) is 2.78. The van der Waals surface area contributed by atoms with Gasteiger partial charge < -0.3 is 10.6 Å². The minimum atomic E-state index is -0.146. The van der Waals surface area contributed by atoms with Crippen LogP contribution in [0.25, 0.3) is 0 Å². The van der Waals surface area contributed by atoms with E-state index in [1.54, 1.807) is 0 Å². The largest absolute Gasteiger partial charge is 0.355 e. The van der Waals surface area contributed by atoms with Crippen molar-refractivity contribution in [3.63, 3.8) is 0 Å². The Morgan fingerprint density at radius 3 is 2.32 bits per heavy atom. The van der Waals surface area contributed by atoms with E-state index in [1.165, 1.54) is 0 Å². The molecule has 1 aliphatic heterocycles. The highest BCUT2D eigenvalue weighted by atomic mass is 16.2. The van der Waals surface area contributed by atoms with Crippen LogP contribution in [0.3, 0.4) is 0 Å². The normalized spacial score (nSPS) is 23.6. The lowest BCUT2D eigenvalue weighted by Gasteiger charge is -2.30. The summed E-state index contributed by atoms with van der Waals surface area (Å²) >= 11 is 0. The maximum absolute atomic E-state index is 12.6. The molecule has 1 saturated heterocycles. The molecule has 3 heteroatoms. The van der Waals surface area contributed by atoms with Crippen LogP contribution in [0.2, 0.25) is 0 Å². The fraction of sp³-hybridized carbons (Fsp3) is 0.938. The average molecular weight is 268 g/mol. The summed E-state index contributed by atoms with van der Waals surface area (Å²) in [7, 11) is 0. The second-order valence-corrected chi connectivity index (χ2v) is 6.82. The lowest BCUT2D eigenvalue weighted by molar-refractivity contribution is -0.130. The first kappa shape index (κ1) is 16.5. The quantitative estimate of drug-likeness (QED) is 0.745.